The number of aliphatic hydroxyl groups is 2. The molecule has 2 aromatic carbocycles. The van der Waals surface area contributed by atoms with E-state index in [0.29, 0.717) is 40.9 Å². The molecule has 214 valence electrons. The van der Waals surface area contributed by atoms with Gasteiger partial charge in [-0.3, -0.25) is 4.55 Å². The van der Waals surface area contributed by atoms with Crippen molar-refractivity contribution in [3.05, 3.63) is 66.0 Å². The molecule has 1 aliphatic carbocycles. The van der Waals surface area contributed by atoms with E-state index in [1.165, 1.54) is 6.07 Å². The molecule has 0 fully saturated rings. The minimum absolute atomic E-state index is 0.0748. The number of anilines is 1. The minimum atomic E-state index is -4.50. The number of hydrogen-bond acceptors (Lipinski definition) is 6. The van der Waals surface area contributed by atoms with Crippen molar-refractivity contribution in [2.45, 2.75) is 44.4 Å². The molecule has 2 aliphatic rings. The lowest BCUT2D eigenvalue weighted by Gasteiger charge is -2.24. The van der Waals surface area contributed by atoms with Crippen molar-refractivity contribution in [2.24, 2.45) is 0 Å². The Morgan fingerprint density at radius 2 is 1.52 bits per heavy atom. The van der Waals surface area contributed by atoms with Gasteiger partial charge in [0, 0.05) is 65.8 Å². The van der Waals surface area contributed by atoms with Crippen LogP contribution in [-0.4, -0.2) is 62.6 Å². The summed E-state index contributed by atoms with van der Waals surface area (Å²) in [4.78, 5) is 1.69. The van der Waals surface area contributed by atoms with Gasteiger partial charge in [-0.2, -0.15) is 8.42 Å². The Kier molecular flexibility index (Phi) is 9.97. The van der Waals surface area contributed by atoms with Crippen LogP contribution in [0.25, 0.3) is 33.4 Å². The maximum Gasteiger partial charge on any atom is 0.295 e. The minimum Gasteiger partial charge on any atom is -0.456 e. The average molecular weight is 568 g/mol. The van der Waals surface area contributed by atoms with Crippen molar-refractivity contribution >= 4 is 26.8 Å². The standard InChI is InChI=1S/C31H38N2O6S/c1-3-5-15-32(16-6-4-2)23-11-13-25-28(21-23)39-29-22-24(33(17-19-34)18-20-35)12-14-26(29)31(25)27-9-7-8-10-30(27)40(36,37)38/h7-14,21-22,34-35H,3-6,15-20H2,1-2H3/p+1. The molecule has 1 heterocycles. The smallest absolute Gasteiger partial charge is 0.295 e. The summed E-state index contributed by atoms with van der Waals surface area (Å²) in [7, 11) is -4.50. The summed E-state index contributed by atoms with van der Waals surface area (Å²) in [5.41, 5.74) is 3.04. The summed E-state index contributed by atoms with van der Waals surface area (Å²) < 4.78 is 43.7. The highest BCUT2D eigenvalue weighted by Gasteiger charge is 2.24. The van der Waals surface area contributed by atoms with Gasteiger partial charge in [-0.1, -0.05) is 44.9 Å². The van der Waals surface area contributed by atoms with E-state index >= 15 is 0 Å². The Labute approximate surface area is 235 Å². The van der Waals surface area contributed by atoms with Gasteiger partial charge in [-0.25, -0.2) is 4.58 Å². The van der Waals surface area contributed by atoms with Crippen molar-refractivity contribution < 1.29 is 27.6 Å². The van der Waals surface area contributed by atoms with Crippen LogP contribution >= 0.6 is 0 Å². The molecule has 0 saturated heterocycles. The zero-order valence-electron chi connectivity index (χ0n) is 23.2. The molecule has 0 saturated carbocycles. The van der Waals surface area contributed by atoms with E-state index in [2.05, 4.69) is 18.4 Å². The van der Waals surface area contributed by atoms with Gasteiger partial charge in [0.15, 0.2) is 0 Å². The highest BCUT2D eigenvalue weighted by atomic mass is 32.2. The zero-order chi connectivity index (χ0) is 28.7. The Balaban J connectivity index is 2.07. The summed E-state index contributed by atoms with van der Waals surface area (Å²) in [6.45, 7) is 6.73. The van der Waals surface area contributed by atoms with Crippen LogP contribution in [0.2, 0.25) is 0 Å². The highest BCUT2D eigenvalue weighted by molar-refractivity contribution is 7.86. The highest BCUT2D eigenvalue weighted by Crippen LogP contribution is 2.42. The van der Waals surface area contributed by atoms with Crippen molar-refractivity contribution in [3.8, 4) is 22.5 Å². The van der Waals surface area contributed by atoms with Crippen molar-refractivity contribution in [1.82, 2.24) is 4.58 Å². The molecular formula is C31H39N2O6S+. The molecule has 0 atom stereocenters. The number of nitrogens with zero attached hydrogens (tertiary/aromatic N) is 2. The molecule has 0 aromatic heterocycles. The van der Waals surface area contributed by atoms with Crippen molar-refractivity contribution in [2.75, 3.05) is 44.3 Å². The number of fused-ring (bicyclic) bond motifs is 2. The third-order valence-corrected chi connectivity index (χ3v) is 8.07. The van der Waals surface area contributed by atoms with E-state index in [1.54, 1.807) is 18.2 Å². The average Bonchev–Trinajstić information content (AvgIpc) is 2.95. The van der Waals surface area contributed by atoms with Gasteiger partial charge in [0.25, 0.3) is 10.1 Å². The van der Waals surface area contributed by atoms with E-state index in [-0.39, 0.29) is 18.1 Å². The van der Waals surface area contributed by atoms with Crippen LogP contribution in [0.5, 0.6) is 0 Å². The quantitative estimate of drug-likeness (QED) is 0.123. The van der Waals surface area contributed by atoms with Crippen LogP contribution in [0.1, 0.15) is 39.5 Å². The van der Waals surface area contributed by atoms with Gasteiger partial charge in [0.05, 0.1) is 19.3 Å². The number of rotatable bonds is 13. The maximum atomic E-state index is 12.4. The normalized spacial score (nSPS) is 11.8. The molecule has 9 heteroatoms. The molecule has 0 bridgehead atoms. The van der Waals surface area contributed by atoms with Crippen LogP contribution in [0.15, 0.2) is 70.0 Å². The zero-order valence-corrected chi connectivity index (χ0v) is 24.0. The predicted molar refractivity (Wildman–Crippen MR) is 159 cm³/mol. The number of benzene rings is 3. The first-order chi connectivity index (χ1) is 19.3. The summed E-state index contributed by atoms with van der Waals surface area (Å²) in [5, 5.41) is 20.8. The summed E-state index contributed by atoms with van der Waals surface area (Å²) in [5.74, 6) is 0.594. The Bertz CT molecular complexity index is 1580. The van der Waals surface area contributed by atoms with Crippen LogP contribution in [0, 0.1) is 0 Å². The fourth-order valence-electron chi connectivity index (χ4n) is 5.13. The number of aliphatic hydroxyl groups excluding tert-OH is 2. The lowest BCUT2D eigenvalue weighted by molar-refractivity contribution is 0.281. The van der Waals surface area contributed by atoms with E-state index in [0.717, 1.165) is 55.4 Å². The maximum absolute atomic E-state index is 12.4. The van der Waals surface area contributed by atoms with E-state index in [4.69, 9.17) is 4.42 Å². The van der Waals surface area contributed by atoms with Gasteiger partial charge in [0.2, 0.25) is 5.36 Å². The van der Waals surface area contributed by atoms with Gasteiger partial charge in [-0.15, -0.1) is 0 Å². The third-order valence-electron chi connectivity index (χ3n) is 7.16. The van der Waals surface area contributed by atoms with Crippen LogP contribution < -0.4 is 14.8 Å². The second-order valence-electron chi connectivity index (χ2n) is 9.94. The van der Waals surface area contributed by atoms with Crippen LogP contribution in [0.3, 0.4) is 0 Å². The molecule has 2 aromatic rings. The number of unbranched alkanes of at least 4 members (excludes halogenated alkanes) is 2. The first kappa shape index (κ1) is 29.7. The van der Waals surface area contributed by atoms with Gasteiger partial charge >= 0.3 is 0 Å². The second-order valence-corrected chi connectivity index (χ2v) is 11.3. The fraction of sp³-hybridized carbons (Fsp3) is 0.387. The van der Waals surface area contributed by atoms with Crippen LogP contribution in [-0.2, 0) is 10.1 Å². The molecule has 1 aliphatic heterocycles. The summed E-state index contributed by atoms with van der Waals surface area (Å²) >= 11 is 0. The first-order valence-electron chi connectivity index (χ1n) is 13.9. The lowest BCUT2D eigenvalue weighted by Crippen LogP contribution is -2.31. The summed E-state index contributed by atoms with van der Waals surface area (Å²) in [6.07, 6.45) is 4.31. The Morgan fingerprint density at radius 1 is 0.850 bits per heavy atom. The molecular weight excluding hydrogens is 528 g/mol. The van der Waals surface area contributed by atoms with E-state index in [9.17, 15) is 23.2 Å². The number of hydrogen-bond donors (Lipinski definition) is 3. The fourth-order valence-corrected chi connectivity index (χ4v) is 5.83. The molecule has 0 radical (unpaired) electrons. The second kappa shape index (κ2) is 13.4. The van der Waals surface area contributed by atoms with Crippen molar-refractivity contribution in [1.29, 1.82) is 0 Å². The Hall–Kier alpha value is -3.24. The third kappa shape index (κ3) is 6.55. The summed E-state index contributed by atoms with van der Waals surface area (Å²) in [6, 6.07) is 18.0. The van der Waals surface area contributed by atoms with Gasteiger partial charge in [0.1, 0.15) is 29.3 Å². The SMILES string of the molecule is CCCC[N+](CCCC)=c1ccc2c(-c3ccccc3S(=O)(=O)O)c3ccc(N(CCO)CCO)cc3oc-2c1. The van der Waals surface area contributed by atoms with Crippen molar-refractivity contribution in [3.63, 3.8) is 0 Å². The van der Waals surface area contributed by atoms with E-state index < -0.39 is 10.1 Å². The molecule has 0 amide bonds. The molecule has 4 rings (SSSR count). The largest absolute Gasteiger partial charge is 0.456 e. The monoisotopic (exact) mass is 567 g/mol. The predicted octanol–water partition coefficient (Wildman–Crippen LogP) is 4.61. The molecule has 3 N–H and O–H groups in total. The van der Waals surface area contributed by atoms with Gasteiger partial charge in [-0.05, 0) is 24.3 Å². The van der Waals surface area contributed by atoms with Gasteiger partial charge < -0.3 is 19.5 Å². The Morgan fingerprint density at radius 3 is 2.15 bits per heavy atom. The first-order valence-corrected chi connectivity index (χ1v) is 15.4. The molecule has 0 spiro atoms. The molecule has 0 unspecified atom stereocenters. The molecule has 8 nitrogen and oxygen atoms in total. The topological polar surface area (TPSA) is 114 Å². The van der Waals surface area contributed by atoms with Crippen LogP contribution in [0.4, 0.5) is 5.69 Å². The van der Waals surface area contributed by atoms with E-state index in [1.807, 2.05) is 41.3 Å². The lowest BCUT2D eigenvalue weighted by atomic mass is 9.93. The molecule has 40 heavy (non-hydrogen) atoms.